The third-order valence-corrected chi connectivity index (χ3v) is 4.41. The smallest absolute Gasteiger partial charge is 0.305 e. The first-order valence-electron chi connectivity index (χ1n) is 9.35. The van der Waals surface area contributed by atoms with Crippen LogP contribution in [0.25, 0.3) is 0 Å². The molecule has 0 aliphatic carbocycles. The van der Waals surface area contributed by atoms with Crippen LogP contribution in [0, 0.1) is 11.6 Å². The highest BCUT2D eigenvalue weighted by Crippen LogP contribution is 2.26. The number of hydrogen-bond acceptors (Lipinski definition) is 4. The molecule has 0 aromatic heterocycles. The molecule has 1 heterocycles. The second-order valence-corrected chi connectivity index (χ2v) is 6.44. The maximum absolute atomic E-state index is 14.0. The number of carbonyl (C=O) groups excluding carboxylic acids is 1. The SMILES string of the molecule is CCNC(=NCCCCC(=O)OC)NC1CCN(c2c(F)cccc2F)C1.I. The Balaban J connectivity index is 0.00000392. The Hall–Kier alpha value is -1.65. The summed E-state index contributed by atoms with van der Waals surface area (Å²) in [6.07, 6.45) is 2.66. The number of anilines is 1. The summed E-state index contributed by atoms with van der Waals surface area (Å²) < 4.78 is 32.5. The van der Waals surface area contributed by atoms with Crippen LogP contribution in [-0.4, -0.2) is 51.3 Å². The molecule has 6 nitrogen and oxygen atoms in total. The number of benzene rings is 1. The molecule has 1 fully saturated rings. The van der Waals surface area contributed by atoms with Crippen molar-refractivity contribution < 1.29 is 18.3 Å². The Morgan fingerprint density at radius 1 is 1.32 bits per heavy atom. The Bertz CT molecular complexity index is 641. The molecule has 158 valence electrons. The van der Waals surface area contributed by atoms with Crippen LogP contribution in [0.3, 0.4) is 0 Å². The molecule has 1 saturated heterocycles. The van der Waals surface area contributed by atoms with Crippen molar-refractivity contribution in [1.82, 2.24) is 10.6 Å². The van der Waals surface area contributed by atoms with E-state index < -0.39 is 11.6 Å². The van der Waals surface area contributed by atoms with Gasteiger partial charge in [-0.05, 0) is 38.3 Å². The van der Waals surface area contributed by atoms with E-state index in [1.807, 2.05) is 6.92 Å². The summed E-state index contributed by atoms with van der Waals surface area (Å²) in [6, 6.07) is 3.98. The van der Waals surface area contributed by atoms with Gasteiger partial charge >= 0.3 is 5.97 Å². The normalized spacial score (nSPS) is 16.5. The van der Waals surface area contributed by atoms with E-state index in [-0.39, 0.29) is 41.7 Å². The van der Waals surface area contributed by atoms with Gasteiger partial charge < -0.3 is 20.3 Å². The fraction of sp³-hybridized carbons (Fsp3) is 0.579. The number of guanidine groups is 1. The Kier molecular flexibility index (Phi) is 11.1. The van der Waals surface area contributed by atoms with Gasteiger partial charge in [-0.3, -0.25) is 9.79 Å². The lowest BCUT2D eigenvalue weighted by molar-refractivity contribution is -0.140. The third-order valence-electron chi connectivity index (χ3n) is 4.41. The first kappa shape index (κ1) is 24.4. The van der Waals surface area contributed by atoms with Gasteiger partial charge in [-0.1, -0.05) is 6.07 Å². The third kappa shape index (κ3) is 7.40. The van der Waals surface area contributed by atoms with E-state index in [1.54, 1.807) is 4.90 Å². The monoisotopic (exact) mass is 510 g/mol. The molecule has 1 aromatic carbocycles. The number of carbonyl (C=O) groups is 1. The Morgan fingerprint density at radius 3 is 2.68 bits per heavy atom. The molecule has 0 bridgehead atoms. The van der Waals surface area contributed by atoms with Crippen molar-refractivity contribution in [2.45, 2.75) is 38.6 Å². The largest absolute Gasteiger partial charge is 0.469 e. The minimum atomic E-state index is -0.540. The van der Waals surface area contributed by atoms with Gasteiger partial charge in [0.15, 0.2) is 5.96 Å². The molecule has 1 aliphatic rings. The van der Waals surface area contributed by atoms with E-state index in [2.05, 4.69) is 20.4 Å². The zero-order valence-corrected chi connectivity index (χ0v) is 18.7. The Morgan fingerprint density at radius 2 is 2.04 bits per heavy atom. The van der Waals surface area contributed by atoms with Gasteiger partial charge in [0.1, 0.15) is 17.3 Å². The molecule has 1 aromatic rings. The minimum Gasteiger partial charge on any atom is -0.469 e. The van der Waals surface area contributed by atoms with Gasteiger partial charge in [-0.2, -0.15) is 0 Å². The van der Waals surface area contributed by atoms with Gasteiger partial charge in [0.25, 0.3) is 0 Å². The van der Waals surface area contributed by atoms with Crippen LogP contribution in [0.4, 0.5) is 14.5 Å². The number of hydrogen-bond donors (Lipinski definition) is 2. The number of methoxy groups -OCH3 is 1. The number of rotatable bonds is 8. The molecule has 2 N–H and O–H groups in total. The second-order valence-electron chi connectivity index (χ2n) is 6.44. The molecule has 1 aliphatic heterocycles. The number of unbranched alkanes of at least 4 members (excludes halogenated alkanes) is 1. The lowest BCUT2D eigenvalue weighted by Crippen LogP contribution is -2.44. The maximum atomic E-state index is 14.0. The van der Waals surface area contributed by atoms with Gasteiger partial charge in [-0.25, -0.2) is 8.78 Å². The highest BCUT2D eigenvalue weighted by molar-refractivity contribution is 14.0. The molecule has 0 saturated carbocycles. The van der Waals surface area contributed by atoms with Gasteiger partial charge in [0.05, 0.1) is 7.11 Å². The molecule has 0 spiro atoms. The van der Waals surface area contributed by atoms with Gasteiger partial charge in [0, 0.05) is 38.6 Å². The zero-order valence-electron chi connectivity index (χ0n) is 16.3. The van der Waals surface area contributed by atoms with E-state index in [0.717, 1.165) is 19.3 Å². The highest BCUT2D eigenvalue weighted by Gasteiger charge is 2.27. The number of nitrogens with zero attached hydrogens (tertiary/aromatic N) is 2. The van der Waals surface area contributed by atoms with Gasteiger partial charge in [0.2, 0.25) is 0 Å². The van der Waals surface area contributed by atoms with E-state index in [9.17, 15) is 13.6 Å². The summed E-state index contributed by atoms with van der Waals surface area (Å²) in [5, 5.41) is 6.51. The summed E-state index contributed by atoms with van der Waals surface area (Å²) in [7, 11) is 1.38. The summed E-state index contributed by atoms with van der Waals surface area (Å²) >= 11 is 0. The zero-order chi connectivity index (χ0) is 19.6. The van der Waals surface area contributed by atoms with Crippen LogP contribution in [-0.2, 0) is 9.53 Å². The lowest BCUT2D eigenvalue weighted by atomic mass is 10.2. The number of para-hydroxylation sites is 1. The second kappa shape index (κ2) is 12.7. The molecule has 1 atom stereocenters. The van der Waals surface area contributed by atoms with E-state index in [1.165, 1.54) is 25.3 Å². The standard InChI is InChI=1S/C19H28F2N4O2.HI/c1-3-22-19(23-11-5-4-9-17(26)27-2)24-14-10-12-25(13-14)18-15(20)7-6-8-16(18)21;/h6-8,14H,3-5,9-13H2,1-2H3,(H2,22,23,24);1H. The molecular weight excluding hydrogens is 481 g/mol. The summed E-state index contributed by atoms with van der Waals surface area (Å²) in [6.45, 7) is 4.36. The molecule has 0 amide bonds. The van der Waals surface area contributed by atoms with Crippen molar-refractivity contribution in [2.75, 3.05) is 38.2 Å². The van der Waals surface area contributed by atoms with E-state index >= 15 is 0 Å². The predicted octanol–water partition coefficient (Wildman–Crippen LogP) is 3.06. The predicted molar refractivity (Wildman–Crippen MR) is 117 cm³/mol. The van der Waals surface area contributed by atoms with Crippen molar-refractivity contribution in [2.24, 2.45) is 4.99 Å². The van der Waals surface area contributed by atoms with E-state index in [0.29, 0.717) is 38.6 Å². The number of aliphatic imine (C=N–C) groups is 1. The topological polar surface area (TPSA) is 66.0 Å². The van der Waals surface area contributed by atoms with Crippen molar-refractivity contribution in [3.8, 4) is 0 Å². The average molecular weight is 510 g/mol. The maximum Gasteiger partial charge on any atom is 0.305 e. The molecule has 9 heteroatoms. The van der Waals surface area contributed by atoms with Crippen molar-refractivity contribution in [1.29, 1.82) is 0 Å². The van der Waals surface area contributed by atoms with Gasteiger partial charge in [-0.15, -0.1) is 24.0 Å². The number of esters is 1. The van der Waals surface area contributed by atoms with Crippen molar-refractivity contribution in [3.63, 3.8) is 0 Å². The van der Waals surface area contributed by atoms with Crippen molar-refractivity contribution in [3.05, 3.63) is 29.8 Å². The quantitative estimate of drug-likeness (QED) is 0.185. The first-order chi connectivity index (χ1) is 13.0. The lowest BCUT2D eigenvalue weighted by Gasteiger charge is -2.21. The number of nitrogens with one attached hydrogen (secondary N) is 2. The molecule has 2 rings (SSSR count). The summed E-state index contributed by atoms with van der Waals surface area (Å²) in [5.41, 5.74) is 0.0338. The molecule has 0 radical (unpaired) electrons. The Labute approximate surface area is 182 Å². The fourth-order valence-electron chi connectivity index (χ4n) is 3.06. The van der Waals surface area contributed by atoms with Crippen LogP contribution < -0.4 is 15.5 Å². The van der Waals surface area contributed by atoms with Crippen LogP contribution in [0.5, 0.6) is 0 Å². The molecule has 1 unspecified atom stereocenters. The summed E-state index contributed by atoms with van der Waals surface area (Å²) in [4.78, 5) is 17.3. The highest BCUT2D eigenvalue weighted by atomic mass is 127. The minimum absolute atomic E-state index is 0. The summed E-state index contributed by atoms with van der Waals surface area (Å²) in [5.74, 6) is -0.615. The van der Waals surface area contributed by atoms with Crippen molar-refractivity contribution >= 4 is 41.6 Å². The fourth-order valence-corrected chi connectivity index (χ4v) is 3.06. The number of halogens is 3. The van der Waals surface area contributed by atoms with Crippen LogP contribution in [0.15, 0.2) is 23.2 Å². The van der Waals surface area contributed by atoms with Crippen LogP contribution >= 0.6 is 24.0 Å². The first-order valence-corrected chi connectivity index (χ1v) is 9.35. The van der Waals surface area contributed by atoms with E-state index in [4.69, 9.17) is 0 Å². The van der Waals surface area contributed by atoms with Crippen LogP contribution in [0.2, 0.25) is 0 Å². The van der Waals surface area contributed by atoms with Crippen LogP contribution in [0.1, 0.15) is 32.6 Å². The molecular formula is C19H29F2IN4O2. The average Bonchev–Trinajstić information content (AvgIpc) is 3.09. The molecule has 28 heavy (non-hydrogen) atoms. The number of ether oxygens (including phenoxy) is 1.